The smallest absolute Gasteiger partial charge is 0.267 e. The molecule has 0 saturated carbocycles. The summed E-state index contributed by atoms with van der Waals surface area (Å²) in [5.41, 5.74) is 0.690. The number of sulfonamides is 1. The summed E-state index contributed by atoms with van der Waals surface area (Å²) in [6.07, 6.45) is 0. The predicted molar refractivity (Wildman–Crippen MR) is 88.0 cm³/mol. The number of aromatic hydroxyl groups is 1. The summed E-state index contributed by atoms with van der Waals surface area (Å²) in [5, 5.41) is 25.3. The molecule has 0 aliphatic carbocycles. The fourth-order valence-corrected chi connectivity index (χ4v) is 2.65. The van der Waals surface area contributed by atoms with Crippen LogP contribution in [0.15, 0.2) is 28.6 Å². The quantitative estimate of drug-likeness (QED) is 0.449. The lowest BCUT2D eigenvalue weighted by atomic mass is 10.3. The third-order valence-corrected chi connectivity index (χ3v) is 4.27. The van der Waals surface area contributed by atoms with E-state index in [1.807, 2.05) is 0 Å². The molecule has 2 aromatic rings. The van der Waals surface area contributed by atoms with Gasteiger partial charge in [-0.3, -0.25) is 9.59 Å². The minimum Gasteiger partial charge on any atom is -0.508 e. The van der Waals surface area contributed by atoms with Gasteiger partial charge in [0.2, 0.25) is 21.3 Å². The van der Waals surface area contributed by atoms with Crippen LogP contribution >= 0.6 is 11.3 Å². The number of carbonyl (C=O) groups is 2. The highest BCUT2D eigenvalue weighted by Gasteiger charge is 2.15. The molecule has 1 aromatic heterocycles. The summed E-state index contributed by atoms with van der Waals surface area (Å²) in [4.78, 5) is 21.0. The number of nitrogens with two attached hydrogens (primary N) is 1. The molecule has 0 atom stereocenters. The molecule has 1 heterocycles. The van der Waals surface area contributed by atoms with E-state index >= 15 is 0 Å². The standard InChI is InChI=1S/C8H9NO2.C4H6N4O3S2/c1-6(10)9-7-2-4-8(11)5-3-7;1-2(9)6-3-7-8-4(12-3)13(5,10)11/h2-5,11H,1H3,(H,9,10);1H3,(H2,5,10,11)(H,6,7,9). The van der Waals surface area contributed by atoms with Gasteiger partial charge >= 0.3 is 0 Å². The lowest BCUT2D eigenvalue weighted by molar-refractivity contribution is -0.115. The van der Waals surface area contributed by atoms with Crippen LogP contribution in [0.3, 0.4) is 0 Å². The molecule has 0 saturated heterocycles. The van der Waals surface area contributed by atoms with Gasteiger partial charge in [-0.2, -0.15) is 0 Å². The van der Waals surface area contributed by atoms with Crippen LogP contribution in [0.25, 0.3) is 0 Å². The maximum atomic E-state index is 10.7. The van der Waals surface area contributed by atoms with Crippen LogP contribution in [-0.4, -0.2) is 35.5 Å². The van der Waals surface area contributed by atoms with Crippen molar-refractivity contribution in [3.8, 4) is 5.75 Å². The number of hydrogen-bond acceptors (Lipinski definition) is 8. The van der Waals surface area contributed by atoms with E-state index < -0.39 is 10.0 Å². The number of rotatable bonds is 3. The van der Waals surface area contributed by atoms with E-state index in [4.69, 9.17) is 10.2 Å². The zero-order valence-electron chi connectivity index (χ0n) is 12.7. The van der Waals surface area contributed by atoms with E-state index in [0.29, 0.717) is 17.0 Å². The highest BCUT2D eigenvalue weighted by atomic mass is 32.2. The summed E-state index contributed by atoms with van der Waals surface area (Å²) in [6, 6.07) is 6.31. The number of hydrogen-bond donors (Lipinski definition) is 4. The number of primary sulfonamides is 1. The molecular weight excluding hydrogens is 358 g/mol. The van der Waals surface area contributed by atoms with Gasteiger partial charge in [0.05, 0.1) is 0 Å². The van der Waals surface area contributed by atoms with Crippen molar-refractivity contribution in [3.05, 3.63) is 24.3 Å². The summed E-state index contributed by atoms with van der Waals surface area (Å²) < 4.78 is 21.1. The van der Waals surface area contributed by atoms with Crippen LogP contribution in [-0.2, 0) is 19.6 Å². The molecule has 12 heteroatoms. The summed E-state index contributed by atoms with van der Waals surface area (Å²) in [7, 11) is -3.82. The molecule has 0 bridgehead atoms. The van der Waals surface area contributed by atoms with Crippen LogP contribution < -0.4 is 15.8 Å². The maximum Gasteiger partial charge on any atom is 0.267 e. The van der Waals surface area contributed by atoms with Crippen molar-refractivity contribution in [1.82, 2.24) is 10.2 Å². The average Bonchev–Trinajstić information content (AvgIpc) is 2.89. The zero-order chi connectivity index (χ0) is 18.3. The van der Waals surface area contributed by atoms with Gasteiger partial charge in [-0.25, -0.2) is 13.6 Å². The molecule has 130 valence electrons. The van der Waals surface area contributed by atoms with Gasteiger partial charge in [0, 0.05) is 19.5 Å². The van der Waals surface area contributed by atoms with Crippen molar-refractivity contribution < 1.29 is 23.1 Å². The Hall–Kier alpha value is -2.57. The molecule has 24 heavy (non-hydrogen) atoms. The molecular formula is C12H15N5O5S2. The molecule has 10 nitrogen and oxygen atoms in total. The van der Waals surface area contributed by atoms with Crippen LogP contribution in [0, 0.1) is 0 Å². The van der Waals surface area contributed by atoms with Gasteiger partial charge in [0.25, 0.3) is 10.0 Å². The lowest BCUT2D eigenvalue weighted by Gasteiger charge is -1.99. The largest absolute Gasteiger partial charge is 0.508 e. The number of phenols is 1. The number of aromatic nitrogens is 2. The number of carbonyl (C=O) groups excluding carboxylic acids is 2. The average molecular weight is 373 g/mol. The minimum absolute atomic E-state index is 0.108. The number of nitrogens with one attached hydrogen (secondary N) is 2. The molecule has 0 unspecified atom stereocenters. The Balaban J connectivity index is 0.000000243. The number of nitrogens with zero attached hydrogens (tertiary/aromatic N) is 2. The topological polar surface area (TPSA) is 164 Å². The third kappa shape index (κ3) is 7.13. The molecule has 2 amide bonds. The van der Waals surface area contributed by atoms with E-state index in [0.717, 1.165) is 0 Å². The van der Waals surface area contributed by atoms with Crippen molar-refractivity contribution in [2.75, 3.05) is 10.6 Å². The number of benzene rings is 1. The molecule has 5 N–H and O–H groups in total. The Morgan fingerprint density at radius 1 is 1.08 bits per heavy atom. The van der Waals surface area contributed by atoms with Crippen molar-refractivity contribution in [3.63, 3.8) is 0 Å². The monoisotopic (exact) mass is 373 g/mol. The SMILES string of the molecule is CC(=O)Nc1ccc(O)cc1.CC(=O)Nc1nnc(S(N)(=O)=O)s1. The fraction of sp³-hybridized carbons (Fsp3) is 0.167. The predicted octanol–water partition coefficient (Wildman–Crippen LogP) is 0.494. The minimum atomic E-state index is -3.82. The van der Waals surface area contributed by atoms with Crippen molar-refractivity contribution in [2.24, 2.45) is 5.14 Å². The van der Waals surface area contributed by atoms with Gasteiger partial charge in [-0.1, -0.05) is 11.3 Å². The molecule has 1 aromatic carbocycles. The second kappa shape index (κ2) is 8.33. The van der Waals surface area contributed by atoms with Gasteiger partial charge < -0.3 is 15.7 Å². The Labute approximate surface area is 141 Å². The summed E-state index contributed by atoms with van der Waals surface area (Å²) >= 11 is 0.701. The fourth-order valence-electron chi connectivity index (χ4n) is 1.27. The molecule has 0 radical (unpaired) electrons. The van der Waals surface area contributed by atoms with Crippen LogP contribution in [0.2, 0.25) is 0 Å². The maximum absolute atomic E-state index is 10.7. The molecule has 0 fully saturated rings. The number of amides is 2. The number of anilines is 2. The van der Waals surface area contributed by atoms with Crippen molar-refractivity contribution in [1.29, 1.82) is 0 Å². The second-order valence-electron chi connectivity index (χ2n) is 4.33. The summed E-state index contributed by atoms with van der Waals surface area (Å²) in [6.45, 7) is 2.71. The Morgan fingerprint density at radius 3 is 2.04 bits per heavy atom. The first kappa shape index (κ1) is 19.5. The Bertz CT molecular complexity index is 817. The number of phenolic OH excluding ortho intramolecular Hbond substituents is 1. The first-order valence-electron chi connectivity index (χ1n) is 6.28. The van der Waals surface area contributed by atoms with Gasteiger partial charge in [-0.15, -0.1) is 10.2 Å². The first-order chi connectivity index (χ1) is 11.1. The molecule has 0 aliphatic heterocycles. The Morgan fingerprint density at radius 2 is 1.62 bits per heavy atom. The molecule has 0 spiro atoms. The normalized spacial score (nSPS) is 10.3. The van der Waals surface area contributed by atoms with Crippen molar-refractivity contribution in [2.45, 2.75) is 18.2 Å². The van der Waals surface area contributed by atoms with E-state index in [9.17, 15) is 18.0 Å². The van der Waals surface area contributed by atoms with Gasteiger partial charge in [0.15, 0.2) is 0 Å². The zero-order valence-corrected chi connectivity index (χ0v) is 14.3. The second-order valence-corrected chi connectivity index (χ2v) is 7.04. The molecule has 2 rings (SSSR count). The van der Waals surface area contributed by atoms with Crippen LogP contribution in [0.1, 0.15) is 13.8 Å². The lowest BCUT2D eigenvalue weighted by Crippen LogP contribution is -2.11. The highest BCUT2D eigenvalue weighted by molar-refractivity contribution is 7.91. The van der Waals surface area contributed by atoms with Crippen LogP contribution in [0.4, 0.5) is 10.8 Å². The first-order valence-corrected chi connectivity index (χ1v) is 8.64. The van der Waals surface area contributed by atoms with Gasteiger partial charge in [0.1, 0.15) is 5.75 Å². The van der Waals surface area contributed by atoms with E-state index in [1.165, 1.54) is 26.0 Å². The van der Waals surface area contributed by atoms with E-state index in [1.54, 1.807) is 12.1 Å². The highest BCUT2D eigenvalue weighted by Crippen LogP contribution is 2.18. The molecule has 0 aliphatic rings. The van der Waals surface area contributed by atoms with Gasteiger partial charge in [-0.05, 0) is 24.3 Å². The van der Waals surface area contributed by atoms with E-state index in [2.05, 4.69) is 20.8 Å². The van der Waals surface area contributed by atoms with Crippen molar-refractivity contribution >= 4 is 44.0 Å². The Kier molecular flexibility index (Phi) is 6.76. The van der Waals surface area contributed by atoms with Crippen LogP contribution in [0.5, 0.6) is 5.75 Å². The third-order valence-electron chi connectivity index (χ3n) is 2.12. The summed E-state index contributed by atoms with van der Waals surface area (Å²) in [5.74, 6) is -0.271. The van der Waals surface area contributed by atoms with E-state index in [-0.39, 0.29) is 27.0 Å².